The lowest BCUT2D eigenvalue weighted by atomic mass is 10.3. The maximum absolute atomic E-state index is 10.5. The lowest BCUT2D eigenvalue weighted by Gasteiger charge is -2.04. The van der Waals surface area contributed by atoms with Crippen molar-refractivity contribution < 1.29 is 9.66 Å². The van der Waals surface area contributed by atoms with Gasteiger partial charge >= 0.3 is 0 Å². The molecule has 0 unspecified atom stereocenters. The number of nitro benzene ring substituents is 1. The van der Waals surface area contributed by atoms with Gasteiger partial charge in [-0.25, -0.2) is 0 Å². The van der Waals surface area contributed by atoms with Crippen LogP contribution in [0.2, 0.25) is 0 Å². The van der Waals surface area contributed by atoms with Crippen LogP contribution in [-0.4, -0.2) is 4.92 Å². The molecule has 0 amide bonds. The number of hydrogen-bond donors (Lipinski definition) is 0. The van der Waals surface area contributed by atoms with Crippen LogP contribution in [0.15, 0.2) is 61.4 Å². The number of rotatable bonds is 5. The predicted octanol–water partition coefficient (Wildman–Crippen LogP) is 3.23. The average Bonchev–Trinajstić information content (AvgIpc) is 2.29. The van der Waals surface area contributed by atoms with Gasteiger partial charge in [-0.1, -0.05) is 25.3 Å². The van der Waals surface area contributed by atoms with Crippen molar-refractivity contribution in [2.45, 2.75) is 0 Å². The molecule has 4 heteroatoms. The Bertz CT molecular complexity index is 449. The van der Waals surface area contributed by atoms with Crippen molar-refractivity contribution in [3.8, 4) is 5.75 Å². The highest BCUT2D eigenvalue weighted by Crippen LogP contribution is 2.21. The molecule has 0 N–H and O–H groups in total. The summed E-state index contributed by atoms with van der Waals surface area (Å²) >= 11 is 0. The second-order valence-corrected chi connectivity index (χ2v) is 2.87. The van der Waals surface area contributed by atoms with Crippen LogP contribution in [0.3, 0.4) is 0 Å². The van der Waals surface area contributed by atoms with Gasteiger partial charge in [-0.15, -0.1) is 0 Å². The normalized spacial score (nSPS) is 10.6. The lowest BCUT2D eigenvalue weighted by molar-refractivity contribution is -0.384. The van der Waals surface area contributed by atoms with Gasteiger partial charge in [0, 0.05) is 6.07 Å². The van der Waals surface area contributed by atoms with Crippen molar-refractivity contribution in [2.24, 2.45) is 0 Å². The van der Waals surface area contributed by atoms with Crippen molar-refractivity contribution in [3.05, 3.63) is 71.5 Å². The zero-order chi connectivity index (χ0) is 12.0. The third-order valence-electron chi connectivity index (χ3n) is 1.75. The summed E-state index contributed by atoms with van der Waals surface area (Å²) in [6.45, 7) is 7.08. The first kappa shape index (κ1) is 11.7. The molecular weight excluding hydrogens is 206 g/mol. The minimum atomic E-state index is -0.475. The van der Waals surface area contributed by atoms with Crippen LogP contribution < -0.4 is 4.74 Å². The van der Waals surface area contributed by atoms with E-state index in [-0.39, 0.29) is 5.69 Å². The van der Waals surface area contributed by atoms with E-state index in [1.807, 2.05) is 0 Å². The Balaban J connectivity index is 2.92. The van der Waals surface area contributed by atoms with Crippen molar-refractivity contribution in [2.75, 3.05) is 0 Å². The quantitative estimate of drug-likeness (QED) is 0.329. The molecule has 4 nitrogen and oxygen atoms in total. The van der Waals surface area contributed by atoms with Crippen molar-refractivity contribution >= 4 is 5.69 Å². The van der Waals surface area contributed by atoms with Gasteiger partial charge in [0.1, 0.15) is 11.5 Å². The summed E-state index contributed by atoms with van der Waals surface area (Å²) in [6, 6.07) is 5.94. The van der Waals surface area contributed by atoms with E-state index < -0.39 is 4.92 Å². The smallest absolute Gasteiger partial charge is 0.273 e. The van der Waals surface area contributed by atoms with Crippen molar-refractivity contribution in [1.29, 1.82) is 0 Å². The van der Waals surface area contributed by atoms with Gasteiger partial charge < -0.3 is 4.74 Å². The number of ether oxygens (including phenoxy) is 1. The van der Waals surface area contributed by atoms with Crippen LogP contribution in [0.25, 0.3) is 0 Å². The van der Waals surface area contributed by atoms with Gasteiger partial charge in [0.15, 0.2) is 0 Å². The third kappa shape index (κ3) is 3.09. The Kier molecular flexibility index (Phi) is 4.03. The SMILES string of the molecule is C=C/C=C(\C=C)Oc1cccc([N+](=O)[O-])c1. The molecule has 1 aromatic carbocycles. The van der Waals surface area contributed by atoms with E-state index in [2.05, 4.69) is 13.2 Å². The van der Waals surface area contributed by atoms with E-state index in [9.17, 15) is 10.1 Å². The van der Waals surface area contributed by atoms with Crippen molar-refractivity contribution in [1.82, 2.24) is 0 Å². The fraction of sp³-hybridized carbons (Fsp3) is 0. The zero-order valence-corrected chi connectivity index (χ0v) is 8.63. The van der Waals surface area contributed by atoms with Crippen molar-refractivity contribution in [3.63, 3.8) is 0 Å². The second-order valence-electron chi connectivity index (χ2n) is 2.87. The van der Waals surface area contributed by atoms with Gasteiger partial charge in [0.2, 0.25) is 0 Å². The average molecular weight is 217 g/mol. The Morgan fingerprint density at radius 1 is 1.44 bits per heavy atom. The molecule has 0 radical (unpaired) electrons. The topological polar surface area (TPSA) is 52.4 Å². The number of benzene rings is 1. The first-order valence-corrected chi connectivity index (χ1v) is 4.55. The minimum absolute atomic E-state index is 0.0143. The Morgan fingerprint density at radius 3 is 2.75 bits per heavy atom. The molecule has 0 bridgehead atoms. The molecule has 0 aliphatic carbocycles. The number of nitro groups is 1. The molecule has 0 atom stereocenters. The molecule has 0 heterocycles. The van der Waals surface area contributed by atoms with Gasteiger partial charge in [-0.05, 0) is 18.2 Å². The Hall–Kier alpha value is -2.36. The minimum Gasteiger partial charge on any atom is -0.457 e. The summed E-state index contributed by atoms with van der Waals surface area (Å²) in [5, 5.41) is 10.5. The van der Waals surface area contributed by atoms with Crippen LogP contribution in [0, 0.1) is 10.1 Å². The number of nitrogens with zero attached hydrogens (tertiary/aromatic N) is 1. The zero-order valence-electron chi connectivity index (χ0n) is 8.63. The highest BCUT2D eigenvalue weighted by atomic mass is 16.6. The second kappa shape index (κ2) is 5.50. The lowest BCUT2D eigenvalue weighted by Crippen LogP contribution is -1.93. The van der Waals surface area contributed by atoms with Gasteiger partial charge in [-0.3, -0.25) is 10.1 Å². The maximum atomic E-state index is 10.5. The summed E-state index contributed by atoms with van der Waals surface area (Å²) < 4.78 is 5.36. The Labute approximate surface area is 93.3 Å². The van der Waals surface area contributed by atoms with Crippen LogP contribution >= 0.6 is 0 Å². The standard InChI is InChI=1S/C12H11NO3/c1-3-6-11(4-2)16-12-8-5-7-10(9-12)13(14)15/h3-9H,1-2H2/b11-6+. The number of non-ortho nitro benzene ring substituents is 1. The van der Waals surface area contributed by atoms with E-state index in [0.717, 1.165) is 0 Å². The largest absolute Gasteiger partial charge is 0.457 e. The fourth-order valence-corrected chi connectivity index (χ4v) is 1.06. The molecule has 0 aliphatic heterocycles. The molecule has 0 spiro atoms. The maximum Gasteiger partial charge on any atom is 0.273 e. The first-order valence-electron chi connectivity index (χ1n) is 4.55. The van der Waals surface area contributed by atoms with Crippen LogP contribution in [0.5, 0.6) is 5.75 Å². The molecule has 0 fully saturated rings. The van der Waals surface area contributed by atoms with E-state index >= 15 is 0 Å². The van der Waals surface area contributed by atoms with E-state index in [1.165, 1.54) is 18.2 Å². The molecular formula is C12H11NO3. The van der Waals surface area contributed by atoms with Gasteiger partial charge in [-0.2, -0.15) is 0 Å². The van der Waals surface area contributed by atoms with Crippen LogP contribution in [0.1, 0.15) is 0 Å². The summed E-state index contributed by atoms with van der Waals surface area (Å²) in [4.78, 5) is 10.1. The highest BCUT2D eigenvalue weighted by Gasteiger charge is 2.06. The van der Waals surface area contributed by atoms with Gasteiger partial charge in [0.05, 0.1) is 11.0 Å². The Morgan fingerprint density at radius 2 is 2.19 bits per heavy atom. The van der Waals surface area contributed by atoms with E-state index in [0.29, 0.717) is 11.5 Å². The summed E-state index contributed by atoms with van der Waals surface area (Å²) in [5.74, 6) is 0.873. The molecule has 82 valence electrons. The molecule has 0 aliphatic rings. The molecule has 1 rings (SSSR count). The predicted molar refractivity (Wildman–Crippen MR) is 62.2 cm³/mol. The number of allylic oxidation sites excluding steroid dienone is 3. The summed E-state index contributed by atoms with van der Waals surface area (Å²) in [6.07, 6.45) is 4.67. The molecule has 0 saturated carbocycles. The van der Waals surface area contributed by atoms with Crippen LogP contribution in [-0.2, 0) is 0 Å². The fourth-order valence-electron chi connectivity index (χ4n) is 1.06. The van der Waals surface area contributed by atoms with E-state index in [1.54, 1.807) is 24.3 Å². The summed E-state index contributed by atoms with van der Waals surface area (Å²) in [7, 11) is 0. The van der Waals surface area contributed by atoms with Gasteiger partial charge in [0.25, 0.3) is 5.69 Å². The third-order valence-corrected chi connectivity index (χ3v) is 1.75. The molecule has 1 aromatic rings. The molecule has 16 heavy (non-hydrogen) atoms. The molecule has 0 aromatic heterocycles. The monoisotopic (exact) mass is 217 g/mol. The summed E-state index contributed by atoms with van der Waals surface area (Å²) in [5.41, 5.74) is -0.0143. The molecule has 0 saturated heterocycles. The first-order chi connectivity index (χ1) is 7.67. The van der Waals surface area contributed by atoms with Crippen LogP contribution in [0.4, 0.5) is 5.69 Å². The number of hydrogen-bond acceptors (Lipinski definition) is 3. The van der Waals surface area contributed by atoms with E-state index in [4.69, 9.17) is 4.74 Å². The highest BCUT2D eigenvalue weighted by molar-refractivity contribution is 5.39.